The van der Waals surface area contributed by atoms with E-state index in [2.05, 4.69) is 15.0 Å². The summed E-state index contributed by atoms with van der Waals surface area (Å²) in [7, 11) is 0. The van der Waals surface area contributed by atoms with E-state index in [4.69, 9.17) is 12.2 Å². The highest BCUT2D eigenvalue weighted by molar-refractivity contribution is 7.71. The van der Waals surface area contributed by atoms with Crippen LogP contribution in [0.2, 0.25) is 0 Å². The maximum Gasteiger partial charge on any atom is 0.129 e. The van der Waals surface area contributed by atoms with Crippen LogP contribution in [0.3, 0.4) is 0 Å². The van der Waals surface area contributed by atoms with E-state index in [9.17, 15) is 0 Å². The Morgan fingerprint density at radius 3 is 3.00 bits per heavy atom. The zero-order valence-electron chi connectivity index (χ0n) is 8.40. The zero-order chi connectivity index (χ0) is 10.7. The summed E-state index contributed by atoms with van der Waals surface area (Å²) in [5.41, 5.74) is 2.16. The molecule has 2 rings (SSSR count). The SMILES string of the molecule is Cc1cc(=S)nc(Cc2cccnc2)[nH]1. The lowest BCUT2D eigenvalue weighted by atomic mass is 10.2. The van der Waals surface area contributed by atoms with Gasteiger partial charge in [0.1, 0.15) is 10.5 Å². The van der Waals surface area contributed by atoms with Crippen molar-refractivity contribution in [3.63, 3.8) is 0 Å². The molecule has 0 bridgehead atoms. The molecular weight excluding hydrogens is 206 g/mol. The molecule has 0 spiro atoms. The molecule has 1 N–H and O–H groups in total. The van der Waals surface area contributed by atoms with Crippen molar-refractivity contribution in [3.8, 4) is 0 Å². The molecule has 2 aromatic rings. The highest BCUT2D eigenvalue weighted by Gasteiger charge is 1.98. The van der Waals surface area contributed by atoms with Gasteiger partial charge in [-0.3, -0.25) is 4.98 Å². The molecule has 0 aromatic carbocycles. The molecule has 0 unspecified atom stereocenters. The molecule has 0 amide bonds. The zero-order valence-corrected chi connectivity index (χ0v) is 9.21. The van der Waals surface area contributed by atoms with Crippen molar-refractivity contribution in [2.75, 3.05) is 0 Å². The molecular formula is C11H11N3S. The second-order valence-corrected chi connectivity index (χ2v) is 3.81. The fraction of sp³-hybridized carbons (Fsp3) is 0.182. The van der Waals surface area contributed by atoms with E-state index in [1.54, 1.807) is 6.20 Å². The highest BCUT2D eigenvalue weighted by Crippen LogP contribution is 2.04. The highest BCUT2D eigenvalue weighted by atomic mass is 32.1. The summed E-state index contributed by atoms with van der Waals surface area (Å²) in [6.07, 6.45) is 4.33. The monoisotopic (exact) mass is 217 g/mol. The van der Waals surface area contributed by atoms with Gasteiger partial charge in [0.2, 0.25) is 0 Å². The van der Waals surface area contributed by atoms with Crippen LogP contribution in [0.1, 0.15) is 17.1 Å². The Kier molecular flexibility index (Phi) is 2.87. The number of nitrogens with one attached hydrogen (secondary N) is 1. The van der Waals surface area contributed by atoms with Gasteiger partial charge in [-0.2, -0.15) is 0 Å². The fourth-order valence-corrected chi connectivity index (χ4v) is 1.71. The molecule has 0 fully saturated rings. The number of H-pyrrole nitrogens is 1. The number of nitrogens with zero attached hydrogens (tertiary/aromatic N) is 2. The summed E-state index contributed by atoms with van der Waals surface area (Å²) in [6, 6.07) is 5.79. The first-order valence-electron chi connectivity index (χ1n) is 4.70. The number of hydrogen-bond acceptors (Lipinski definition) is 3. The number of pyridine rings is 1. The molecule has 15 heavy (non-hydrogen) atoms. The van der Waals surface area contributed by atoms with E-state index in [0.29, 0.717) is 4.64 Å². The Balaban J connectivity index is 2.29. The van der Waals surface area contributed by atoms with Crippen LogP contribution >= 0.6 is 12.2 Å². The summed E-state index contributed by atoms with van der Waals surface area (Å²) in [4.78, 5) is 11.5. The van der Waals surface area contributed by atoms with E-state index < -0.39 is 0 Å². The quantitative estimate of drug-likeness (QED) is 0.785. The molecule has 76 valence electrons. The van der Waals surface area contributed by atoms with Gasteiger partial charge in [-0.1, -0.05) is 18.3 Å². The van der Waals surface area contributed by atoms with Gasteiger partial charge in [0.05, 0.1) is 0 Å². The topological polar surface area (TPSA) is 41.6 Å². The van der Waals surface area contributed by atoms with E-state index in [1.807, 2.05) is 31.3 Å². The van der Waals surface area contributed by atoms with Crippen LogP contribution in [0.5, 0.6) is 0 Å². The molecule has 0 radical (unpaired) electrons. The van der Waals surface area contributed by atoms with E-state index in [0.717, 1.165) is 23.5 Å². The Bertz CT molecular complexity index is 505. The second-order valence-electron chi connectivity index (χ2n) is 3.39. The third kappa shape index (κ3) is 2.70. The van der Waals surface area contributed by atoms with Crippen LogP contribution in [0.4, 0.5) is 0 Å². The molecule has 0 aliphatic rings. The largest absolute Gasteiger partial charge is 0.347 e. The summed E-state index contributed by atoms with van der Waals surface area (Å²) >= 11 is 5.06. The Hall–Kier alpha value is -1.55. The minimum atomic E-state index is 0.630. The van der Waals surface area contributed by atoms with Crippen molar-refractivity contribution < 1.29 is 0 Å². The van der Waals surface area contributed by atoms with Crippen molar-refractivity contribution in [2.24, 2.45) is 0 Å². The fourth-order valence-electron chi connectivity index (χ4n) is 1.42. The molecule has 2 aromatic heterocycles. The third-order valence-corrected chi connectivity index (χ3v) is 2.23. The lowest BCUT2D eigenvalue weighted by Gasteiger charge is -2.02. The minimum Gasteiger partial charge on any atom is -0.347 e. The van der Waals surface area contributed by atoms with Gasteiger partial charge in [-0.25, -0.2) is 4.98 Å². The van der Waals surface area contributed by atoms with Crippen LogP contribution < -0.4 is 0 Å². The van der Waals surface area contributed by atoms with Gasteiger partial charge in [0.25, 0.3) is 0 Å². The van der Waals surface area contributed by atoms with Crippen molar-refractivity contribution in [1.82, 2.24) is 15.0 Å². The van der Waals surface area contributed by atoms with Crippen LogP contribution in [0.25, 0.3) is 0 Å². The number of aromatic nitrogens is 3. The maximum absolute atomic E-state index is 5.06. The summed E-state index contributed by atoms with van der Waals surface area (Å²) < 4.78 is 0.630. The molecule has 3 nitrogen and oxygen atoms in total. The second kappa shape index (κ2) is 4.31. The average molecular weight is 217 g/mol. The summed E-state index contributed by atoms with van der Waals surface area (Å²) in [5.74, 6) is 0.882. The molecule has 0 atom stereocenters. The van der Waals surface area contributed by atoms with Gasteiger partial charge in [-0.05, 0) is 24.6 Å². The minimum absolute atomic E-state index is 0.630. The normalized spacial score (nSPS) is 10.2. The number of aromatic amines is 1. The first kappa shape index (κ1) is 9.98. The lowest BCUT2D eigenvalue weighted by Crippen LogP contribution is -1.98. The molecule has 0 saturated heterocycles. The van der Waals surface area contributed by atoms with Crippen LogP contribution in [-0.2, 0) is 6.42 Å². The van der Waals surface area contributed by atoms with E-state index >= 15 is 0 Å². The van der Waals surface area contributed by atoms with E-state index in [1.165, 1.54) is 0 Å². The van der Waals surface area contributed by atoms with Crippen LogP contribution in [0, 0.1) is 11.6 Å². The van der Waals surface area contributed by atoms with Gasteiger partial charge in [0, 0.05) is 24.5 Å². The number of hydrogen-bond donors (Lipinski definition) is 1. The van der Waals surface area contributed by atoms with Crippen molar-refractivity contribution in [2.45, 2.75) is 13.3 Å². The van der Waals surface area contributed by atoms with Gasteiger partial charge >= 0.3 is 0 Å². The lowest BCUT2D eigenvalue weighted by molar-refractivity contribution is 0.930. The standard InChI is InChI=1S/C11H11N3S/c1-8-5-11(15)14-10(13-8)6-9-3-2-4-12-7-9/h2-5,7H,6H2,1H3,(H,13,14,15). The number of aryl methyl sites for hydroxylation is 1. The van der Waals surface area contributed by atoms with Crippen molar-refractivity contribution in [3.05, 3.63) is 52.3 Å². The maximum atomic E-state index is 5.06. The molecule has 0 aliphatic heterocycles. The van der Waals surface area contributed by atoms with E-state index in [-0.39, 0.29) is 0 Å². The summed E-state index contributed by atoms with van der Waals surface area (Å²) in [5, 5.41) is 0. The van der Waals surface area contributed by atoms with Crippen molar-refractivity contribution >= 4 is 12.2 Å². The first-order chi connectivity index (χ1) is 7.24. The average Bonchev–Trinajstić information content (AvgIpc) is 2.17. The molecule has 0 aliphatic carbocycles. The van der Waals surface area contributed by atoms with Crippen LogP contribution in [-0.4, -0.2) is 15.0 Å². The molecule has 2 heterocycles. The van der Waals surface area contributed by atoms with Crippen LogP contribution in [0.15, 0.2) is 30.6 Å². The first-order valence-corrected chi connectivity index (χ1v) is 5.10. The molecule has 4 heteroatoms. The Morgan fingerprint density at radius 2 is 2.33 bits per heavy atom. The smallest absolute Gasteiger partial charge is 0.129 e. The molecule has 0 saturated carbocycles. The Labute approximate surface area is 93.2 Å². The Morgan fingerprint density at radius 1 is 1.47 bits per heavy atom. The van der Waals surface area contributed by atoms with Crippen molar-refractivity contribution in [1.29, 1.82) is 0 Å². The third-order valence-electron chi connectivity index (χ3n) is 2.02. The summed E-state index contributed by atoms with van der Waals surface area (Å²) in [6.45, 7) is 1.98. The van der Waals surface area contributed by atoms with Gasteiger partial charge in [0.15, 0.2) is 0 Å². The van der Waals surface area contributed by atoms with Gasteiger partial charge in [-0.15, -0.1) is 0 Å². The predicted octanol–water partition coefficient (Wildman–Crippen LogP) is 2.43. The predicted molar refractivity (Wildman–Crippen MR) is 61.2 cm³/mol. The van der Waals surface area contributed by atoms with Gasteiger partial charge < -0.3 is 4.98 Å². The number of rotatable bonds is 2.